The smallest absolute Gasteiger partial charge is 0.179 e. The van der Waals surface area contributed by atoms with Crippen LogP contribution < -0.4 is 25.6 Å². The summed E-state index contributed by atoms with van der Waals surface area (Å²) in [6.07, 6.45) is 0. The van der Waals surface area contributed by atoms with Gasteiger partial charge in [0, 0.05) is 38.9 Å². The number of hydrogen-bond donors (Lipinski definition) is 0. The fourth-order valence-electron chi connectivity index (χ4n) is 10.4. The number of nitrogens with zero attached hydrogens (tertiary/aromatic N) is 2. The van der Waals surface area contributed by atoms with Crippen molar-refractivity contribution in [3.8, 4) is 27.9 Å². The first kappa shape index (κ1) is 40.0. The fourth-order valence-corrected chi connectivity index (χ4v) is 15.2. The lowest BCUT2D eigenvalue weighted by Gasteiger charge is -2.34. The molecule has 0 amide bonds. The molecule has 1 aromatic heterocycles. The number of benzene rings is 11. The molecular weight excluding hydrogens is 825 g/mol. The summed E-state index contributed by atoms with van der Waals surface area (Å²) in [5, 5.41) is 10.5. The molecule has 0 saturated carbocycles. The van der Waals surface area contributed by atoms with Crippen molar-refractivity contribution in [1.29, 1.82) is 0 Å². The van der Waals surface area contributed by atoms with E-state index in [1.54, 1.807) is 0 Å². The lowest BCUT2D eigenvalue weighted by molar-refractivity contribution is 1.18. The second-order valence-corrected chi connectivity index (χ2v) is 21.1. The van der Waals surface area contributed by atoms with Crippen molar-refractivity contribution in [1.82, 2.24) is 4.57 Å². The summed E-state index contributed by atoms with van der Waals surface area (Å²) in [4.78, 5) is 2.37. The minimum absolute atomic E-state index is 1.09. The molecule has 0 saturated heterocycles. The van der Waals surface area contributed by atoms with Crippen LogP contribution in [-0.4, -0.2) is 12.6 Å². The predicted octanol–water partition coefficient (Wildman–Crippen LogP) is 14.1. The molecule has 0 fully saturated rings. The zero-order chi connectivity index (χ0) is 44.6. The Balaban J connectivity index is 0.935. The number of hydrogen-bond acceptors (Lipinski definition) is 1. The van der Waals surface area contributed by atoms with Gasteiger partial charge in [-0.25, -0.2) is 0 Å². The van der Waals surface area contributed by atoms with Crippen LogP contribution in [0.25, 0.3) is 60.5 Å². The van der Waals surface area contributed by atoms with E-state index in [1.807, 2.05) is 0 Å². The molecule has 0 aliphatic heterocycles. The second-order valence-electron chi connectivity index (χ2n) is 17.3. The van der Waals surface area contributed by atoms with Crippen LogP contribution in [0.1, 0.15) is 0 Å². The first-order valence-corrected chi connectivity index (χ1v) is 25.1. The molecule has 12 aromatic rings. The molecule has 0 bridgehead atoms. The Labute approximate surface area is 392 Å². The van der Waals surface area contributed by atoms with Crippen molar-refractivity contribution in [2.24, 2.45) is 0 Å². The highest BCUT2D eigenvalue weighted by Gasteiger charge is 2.41. The number of aromatic nitrogens is 1. The monoisotopic (exact) mass is 870 g/mol. The summed E-state index contributed by atoms with van der Waals surface area (Å²) >= 11 is 0. The highest BCUT2D eigenvalue weighted by molar-refractivity contribution is 7.19. The Morgan fingerprint density at radius 3 is 1.18 bits per heavy atom. The molecule has 2 nitrogen and oxygen atoms in total. The zero-order valence-corrected chi connectivity index (χ0v) is 38.0. The quantitative estimate of drug-likeness (QED) is 0.0982. The standard InChI is InChI=1S/C64H46N2Si/c1-5-17-47(18-6-1)48-29-36-52(37-30-48)65(54-40-42-55(43-41-54)66-63-28-16-15-27-61(63)62-46-35-51-19-13-14-26-60(51)64(62)66)53-38-31-49(32-39-53)50-33-44-59(45-34-50)67(56-20-7-2-8-21-56,57-22-9-3-10-23-57)58-24-11-4-12-25-58/h1-46H. The third kappa shape index (κ3) is 7.05. The normalized spacial score (nSPS) is 11.6. The molecule has 12 rings (SSSR count). The minimum Gasteiger partial charge on any atom is -0.311 e. The van der Waals surface area contributed by atoms with Crippen LogP contribution in [-0.2, 0) is 0 Å². The van der Waals surface area contributed by atoms with E-state index in [0.717, 1.165) is 22.7 Å². The van der Waals surface area contributed by atoms with Crippen molar-refractivity contribution in [2.45, 2.75) is 0 Å². The fraction of sp³-hybridized carbons (Fsp3) is 0. The van der Waals surface area contributed by atoms with Gasteiger partial charge in [0.05, 0.1) is 11.0 Å². The Hall–Kier alpha value is -8.50. The number of rotatable bonds is 10. The van der Waals surface area contributed by atoms with E-state index in [1.165, 1.54) is 75.6 Å². The van der Waals surface area contributed by atoms with Crippen LogP contribution in [0.3, 0.4) is 0 Å². The van der Waals surface area contributed by atoms with Gasteiger partial charge in [0.2, 0.25) is 0 Å². The molecular formula is C64H46N2Si. The van der Waals surface area contributed by atoms with Crippen LogP contribution in [0.4, 0.5) is 17.1 Å². The molecule has 0 N–H and O–H groups in total. The molecule has 0 aliphatic carbocycles. The Kier molecular flexibility index (Phi) is 10.2. The van der Waals surface area contributed by atoms with Gasteiger partial charge in [-0.05, 0) is 103 Å². The van der Waals surface area contributed by atoms with Crippen molar-refractivity contribution in [3.63, 3.8) is 0 Å². The number of para-hydroxylation sites is 1. The van der Waals surface area contributed by atoms with Crippen LogP contribution in [0.2, 0.25) is 0 Å². The number of fused-ring (bicyclic) bond motifs is 5. The van der Waals surface area contributed by atoms with Crippen molar-refractivity contribution >= 4 is 78.5 Å². The van der Waals surface area contributed by atoms with E-state index in [4.69, 9.17) is 0 Å². The molecule has 0 atom stereocenters. The number of anilines is 3. The lowest BCUT2D eigenvalue weighted by Crippen LogP contribution is -2.74. The van der Waals surface area contributed by atoms with E-state index in [9.17, 15) is 0 Å². The minimum atomic E-state index is -2.62. The molecule has 67 heavy (non-hydrogen) atoms. The molecule has 1 heterocycles. The van der Waals surface area contributed by atoms with Gasteiger partial charge in [-0.2, -0.15) is 0 Å². The third-order valence-corrected chi connectivity index (χ3v) is 18.4. The van der Waals surface area contributed by atoms with Crippen LogP contribution in [0.15, 0.2) is 279 Å². The largest absolute Gasteiger partial charge is 0.311 e. The van der Waals surface area contributed by atoms with Crippen molar-refractivity contribution in [2.75, 3.05) is 4.90 Å². The highest BCUT2D eigenvalue weighted by atomic mass is 28.3. The second kappa shape index (κ2) is 17.1. The Morgan fingerprint density at radius 1 is 0.269 bits per heavy atom. The van der Waals surface area contributed by atoms with Gasteiger partial charge >= 0.3 is 0 Å². The average molecular weight is 871 g/mol. The van der Waals surface area contributed by atoms with E-state index in [-0.39, 0.29) is 0 Å². The van der Waals surface area contributed by atoms with Crippen molar-refractivity contribution in [3.05, 3.63) is 279 Å². The lowest BCUT2D eigenvalue weighted by atomic mass is 10.0. The summed E-state index contributed by atoms with van der Waals surface area (Å²) in [5.41, 5.74) is 11.6. The first-order chi connectivity index (χ1) is 33.2. The Bertz CT molecular complexity index is 3530. The summed E-state index contributed by atoms with van der Waals surface area (Å²) in [6.45, 7) is 0. The maximum absolute atomic E-state index is 2.62. The van der Waals surface area contributed by atoms with Gasteiger partial charge in [-0.3, -0.25) is 0 Å². The molecule has 316 valence electrons. The zero-order valence-electron chi connectivity index (χ0n) is 37.0. The SMILES string of the molecule is c1ccc(-c2ccc(N(c3ccc(-c4ccc([Si](c5ccccc5)(c5ccccc5)c5ccccc5)cc4)cc3)c3ccc(-n4c5ccccc5c5ccc6ccccc6c54)cc3)cc2)cc1. The third-order valence-electron chi connectivity index (χ3n) is 13.6. The average Bonchev–Trinajstić information content (AvgIpc) is 3.76. The van der Waals surface area contributed by atoms with Crippen LogP contribution in [0, 0.1) is 0 Å². The maximum atomic E-state index is 2.43. The first-order valence-electron chi connectivity index (χ1n) is 23.1. The van der Waals surface area contributed by atoms with Crippen molar-refractivity contribution < 1.29 is 0 Å². The molecule has 0 aliphatic rings. The van der Waals surface area contributed by atoms with Crippen LogP contribution in [0.5, 0.6) is 0 Å². The molecule has 0 unspecified atom stereocenters. The Morgan fingerprint density at radius 2 is 0.657 bits per heavy atom. The summed E-state index contributed by atoms with van der Waals surface area (Å²) < 4.78 is 2.43. The molecule has 0 radical (unpaired) electrons. The topological polar surface area (TPSA) is 8.17 Å². The van der Waals surface area contributed by atoms with Gasteiger partial charge in [-0.1, -0.05) is 224 Å². The molecule has 0 spiro atoms. The van der Waals surface area contributed by atoms with E-state index >= 15 is 0 Å². The highest BCUT2D eigenvalue weighted by Crippen LogP contribution is 2.40. The van der Waals surface area contributed by atoms with Gasteiger partial charge in [-0.15, -0.1) is 0 Å². The van der Waals surface area contributed by atoms with E-state index < -0.39 is 8.07 Å². The van der Waals surface area contributed by atoms with Crippen LogP contribution >= 0.6 is 0 Å². The summed E-state index contributed by atoms with van der Waals surface area (Å²) in [6, 6.07) is 102. The van der Waals surface area contributed by atoms with Gasteiger partial charge < -0.3 is 9.47 Å². The van der Waals surface area contributed by atoms with E-state index in [2.05, 4.69) is 289 Å². The van der Waals surface area contributed by atoms with Gasteiger partial charge in [0.1, 0.15) is 0 Å². The van der Waals surface area contributed by atoms with E-state index in [0.29, 0.717) is 0 Å². The predicted molar refractivity (Wildman–Crippen MR) is 287 cm³/mol. The van der Waals surface area contributed by atoms with Gasteiger partial charge in [0.15, 0.2) is 8.07 Å². The molecule has 11 aromatic carbocycles. The molecule has 3 heteroatoms. The summed E-state index contributed by atoms with van der Waals surface area (Å²) in [7, 11) is -2.62. The summed E-state index contributed by atoms with van der Waals surface area (Å²) in [5.74, 6) is 0. The maximum Gasteiger partial charge on any atom is 0.179 e. The van der Waals surface area contributed by atoms with Gasteiger partial charge in [0.25, 0.3) is 0 Å².